The fourth-order valence-corrected chi connectivity index (χ4v) is 4.56. The predicted octanol–water partition coefficient (Wildman–Crippen LogP) is 6.19. The van der Waals surface area contributed by atoms with Gasteiger partial charge in [-0.05, 0) is 25.2 Å². The van der Waals surface area contributed by atoms with Gasteiger partial charge in [0.15, 0.2) is 5.79 Å². The molecule has 22 heavy (non-hydrogen) atoms. The minimum Gasteiger partial charge on any atom is -0.353 e. The second-order valence-electron chi connectivity index (χ2n) is 7.49. The van der Waals surface area contributed by atoms with Crippen molar-refractivity contribution in [1.82, 2.24) is 0 Å². The van der Waals surface area contributed by atoms with E-state index in [1.54, 1.807) is 0 Å². The SMILES string of the molecule is CCCCCCCCC(C1CCCC1)C(OC)(OC)C(C)C. The second-order valence-corrected chi connectivity index (χ2v) is 7.49. The number of ether oxygens (including phenoxy) is 2. The van der Waals surface area contributed by atoms with Gasteiger partial charge in [-0.3, -0.25) is 0 Å². The lowest BCUT2D eigenvalue weighted by molar-refractivity contribution is -0.276. The summed E-state index contributed by atoms with van der Waals surface area (Å²) in [6, 6.07) is 0. The maximum absolute atomic E-state index is 6.00. The molecule has 0 aliphatic heterocycles. The van der Waals surface area contributed by atoms with Gasteiger partial charge in [-0.1, -0.05) is 72.1 Å². The lowest BCUT2D eigenvalue weighted by atomic mass is 9.75. The monoisotopic (exact) mass is 312 g/mol. The van der Waals surface area contributed by atoms with E-state index in [9.17, 15) is 0 Å². The van der Waals surface area contributed by atoms with E-state index in [0.29, 0.717) is 11.8 Å². The molecular weight excluding hydrogens is 272 g/mol. The molecule has 132 valence electrons. The average Bonchev–Trinajstić information content (AvgIpc) is 3.03. The minimum atomic E-state index is -0.390. The molecule has 0 aromatic heterocycles. The van der Waals surface area contributed by atoms with Crippen LogP contribution in [-0.2, 0) is 9.47 Å². The van der Waals surface area contributed by atoms with Crippen molar-refractivity contribution in [3.63, 3.8) is 0 Å². The first kappa shape index (κ1) is 20.0. The summed E-state index contributed by atoms with van der Waals surface area (Å²) >= 11 is 0. The number of methoxy groups -OCH3 is 2. The predicted molar refractivity (Wildman–Crippen MR) is 95.0 cm³/mol. The molecule has 0 N–H and O–H groups in total. The third kappa shape index (κ3) is 5.23. The Morgan fingerprint density at radius 3 is 1.95 bits per heavy atom. The van der Waals surface area contributed by atoms with Gasteiger partial charge >= 0.3 is 0 Å². The first-order valence-corrected chi connectivity index (χ1v) is 9.72. The van der Waals surface area contributed by atoms with E-state index in [-0.39, 0.29) is 0 Å². The smallest absolute Gasteiger partial charge is 0.172 e. The maximum atomic E-state index is 6.00. The van der Waals surface area contributed by atoms with Crippen LogP contribution in [0.2, 0.25) is 0 Å². The Hall–Kier alpha value is -0.0800. The van der Waals surface area contributed by atoms with Gasteiger partial charge in [-0.25, -0.2) is 0 Å². The Morgan fingerprint density at radius 1 is 0.909 bits per heavy atom. The Labute approximate surface area is 139 Å². The zero-order chi connectivity index (χ0) is 16.4. The molecule has 1 atom stereocenters. The number of rotatable bonds is 12. The number of hydrogen-bond donors (Lipinski definition) is 0. The summed E-state index contributed by atoms with van der Waals surface area (Å²) in [5.74, 6) is 1.35. The van der Waals surface area contributed by atoms with E-state index in [0.717, 1.165) is 5.92 Å². The average molecular weight is 313 g/mol. The lowest BCUT2D eigenvalue weighted by Gasteiger charge is -2.44. The van der Waals surface area contributed by atoms with Crippen LogP contribution in [0.25, 0.3) is 0 Å². The fourth-order valence-electron chi connectivity index (χ4n) is 4.56. The summed E-state index contributed by atoms with van der Waals surface area (Å²) in [5, 5.41) is 0. The lowest BCUT2D eigenvalue weighted by Crippen LogP contribution is -2.49. The minimum absolute atomic E-state index is 0.390. The van der Waals surface area contributed by atoms with Crippen LogP contribution in [0.15, 0.2) is 0 Å². The molecule has 0 radical (unpaired) electrons. The van der Waals surface area contributed by atoms with Gasteiger partial charge in [0.25, 0.3) is 0 Å². The van der Waals surface area contributed by atoms with Gasteiger partial charge in [0.1, 0.15) is 0 Å². The van der Waals surface area contributed by atoms with Crippen LogP contribution in [0.5, 0.6) is 0 Å². The second kappa shape index (κ2) is 10.6. The van der Waals surface area contributed by atoms with Crippen LogP contribution < -0.4 is 0 Å². The Morgan fingerprint density at radius 2 is 1.45 bits per heavy atom. The molecule has 0 spiro atoms. The van der Waals surface area contributed by atoms with Crippen molar-refractivity contribution >= 4 is 0 Å². The quantitative estimate of drug-likeness (QED) is 0.316. The molecular formula is C20H40O2. The molecule has 1 fully saturated rings. The molecule has 1 aliphatic carbocycles. The van der Waals surface area contributed by atoms with Crippen LogP contribution in [0, 0.1) is 17.8 Å². The molecule has 1 saturated carbocycles. The van der Waals surface area contributed by atoms with Crippen molar-refractivity contribution in [2.45, 2.75) is 97.2 Å². The van der Waals surface area contributed by atoms with Gasteiger partial charge in [0.2, 0.25) is 0 Å². The largest absolute Gasteiger partial charge is 0.353 e. The topological polar surface area (TPSA) is 18.5 Å². The molecule has 1 unspecified atom stereocenters. The van der Waals surface area contributed by atoms with Crippen LogP contribution in [0.4, 0.5) is 0 Å². The maximum Gasteiger partial charge on any atom is 0.172 e. The van der Waals surface area contributed by atoms with Crippen molar-refractivity contribution in [2.75, 3.05) is 14.2 Å². The molecule has 0 aromatic carbocycles. The Balaban J connectivity index is 2.62. The summed E-state index contributed by atoms with van der Waals surface area (Å²) in [5.41, 5.74) is 0. The highest BCUT2D eigenvalue weighted by Gasteiger charge is 2.46. The van der Waals surface area contributed by atoms with Crippen LogP contribution in [0.3, 0.4) is 0 Å². The molecule has 0 aromatic rings. The first-order valence-electron chi connectivity index (χ1n) is 9.72. The number of unbranched alkanes of at least 4 members (excludes halogenated alkanes) is 5. The van der Waals surface area contributed by atoms with E-state index >= 15 is 0 Å². The zero-order valence-electron chi connectivity index (χ0n) is 15.8. The van der Waals surface area contributed by atoms with E-state index in [1.165, 1.54) is 70.6 Å². The van der Waals surface area contributed by atoms with Crippen molar-refractivity contribution in [2.24, 2.45) is 17.8 Å². The van der Waals surface area contributed by atoms with E-state index in [1.807, 2.05) is 14.2 Å². The van der Waals surface area contributed by atoms with Crippen molar-refractivity contribution in [1.29, 1.82) is 0 Å². The third-order valence-corrected chi connectivity index (χ3v) is 5.80. The van der Waals surface area contributed by atoms with Gasteiger partial charge < -0.3 is 9.47 Å². The standard InChI is InChI=1S/C20H40O2/c1-6-7-8-9-10-11-16-19(18-14-12-13-15-18)20(21-4,22-5)17(2)3/h17-19H,6-16H2,1-5H3. The highest BCUT2D eigenvalue weighted by atomic mass is 16.7. The highest BCUT2D eigenvalue weighted by Crippen LogP contribution is 2.44. The normalized spacial score (nSPS) is 18.3. The molecule has 2 nitrogen and oxygen atoms in total. The zero-order valence-corrected chi connectivity index (χ0v) is 15.8. The number of hydrogen-bond acceptors (Lipinski definition) is 2. The third-order valence-electron chi connectivity index (χ3n) is 5.80. The summed E-state index contributed by atoms with van der Waals surface area (Å²) < 4.78 is 12.0. The van der Waals surface area contributed by atoms with Crippen molar-refractivity contribution < 1.29 is 9.47 Å². The van der Waals surface area contributed by atoms with E-state index < -0.39 is 5.79 Å². The fraction of sp³-hybridized carbons (Fsp3) is 1.00. The molecule has 0 bridgehead atoms. The van der Waals surface area contributed by atoms with Gasteiger partial charge in [0, 0.05) is 26.1 Å². The van der Waals surface area contributed by atoms with Gasteiger partial charge in [-0.2, -0.15) is 0 Å². The molecule has 1 rings (SSSR count). The Bertz CT molecular complexity index is 265. The molecule has 0 amide bonds. The molecule has 0 heterocycles. The molecule has 1 aliphatic rings. The van der Waals surface area contributed by atoms with Crippen LogP contribution in [-0.4, -0.2) is 20.0 Å². The first-order chi connectivity index (χ1) is 10.6. The van der Waals surface area contributed by atoms with Crippen LogP contribution in [0.1, 0.15) is 91.4 Å². The summed E-state index contributed by atoms with van der Waals surface area (Å²) in [7, 11) is 3.68. The van der Waals surface area contributed by atoms with Gasteiger partial charge in [0.05, 0.1) is 0 Å². The summed E-state index contributed by atoms with van der Waals surface area (Å²) in [4.78, 5) is 0. The molecule has 0 saturated heterocycles. The van der Waals surface area contributed by atoms with Crippen molar-refractivity contribution in [3.05, 3.63) is 0 Å². The highest BCUT2D eigenvalue weighted by molar-refractivity contribution is 4.89. The van der Waals surface area contributed by atoms with E-state index in [4.69, 9.17) is 9.47 Å². The Kier molecular flexibility index (Phi) is 9.66. The van der Waals surface area contributed by atoms with Crippen molar-refractivity contribution in [3.8, 4) is 0 Å². The van der Waals surface area contributed by atoms with E-state index in [2.05, 4.69) is 20.8 Å². The van der Waals surface area contributed by atoms with Crippen LogP contribution >= 0.6 is 0 Å². The molecule has 2 heteroatoms. The summed E-state index contributed by atoms with van der Waals surface area (Å²) in [6.45, 7) is 6.77. The summed E-state index contributed by atoms with van der Waals surface area (Å²) in [6.07, 6.45) is 15.0. The van der Waals surface area contributed by atoms with Gasteiger partial charge in [-0.15, -0.1) is 0 Å².